The van der Waals surface area contributed by atoms with Crippen LogP contribution in [0.5, 0.6) is 0 Å². The maximum atomic E-state index is 11.3. The van der Waals surface area contributed by atoms with Crippen LogP contribution in [0.2, 0.25) is 0 Å². The van der Waals surface area contributed by atoms with E-state index in [0.717, 1.165) is 5.41 Å². The van der Waals surface area contributed by atoms with Gasteiger partial charge in [-0.3, -0.25) is 4.79 Å². The lowest BCUT2D eigenvalue weighted by Gasteiger charge is -2.28. The van der Waals surface area contributed by atoms with Gasteiger partial charge in [-0.1, -0.05) is 6.58 Å². The minimum absolute atomic E-state index is 0.189. The summed E-state index contributed by atoms with van der Waals surface area (Å²) in [4.78, 5) is 10.8. The second-order valence-corrected chi connectivity index (χ2v) is 5.17. The summed E-state index contributed by atoms with van der Waals surface area (Å²) >= 11 is 0. The van der Waals surface area contributed by atoms with Crippen LogP contribution < -0.4 is 5.73 Å². The second kappa shape index (κ2) is 4.10. The highest BCUT2D eigenvalue weighted by molar-refractivity contribution is 7.92. The fourth-order valence-corrected chi connectivity index (χ4v) is 2.43. The third-order valence-electron chi connectivity index (χ3n) is 2.43. The predicted molar refractivity (Wildman–Crippen MR) is 52.6 cm³/mol. The Hall–Kier alpha value is -0.880. The highest BCUT2D eigenvalue weighted by Gasteiger charge is 2.28. The first-order chi connectivity index (χ1) is 6.47. The first kappa shape index (κ1) is 11.2. The standard InChI is InChI=1S/C8H14N2O3S/c1-2-14(12,13)10-5-3-7(4-6-10)8(9)11/h2,7H,1,3-6H2,(H2,9,11). The fraction of sp³-hybridized carbons (Fsp3) is 0.625. The van der Waals surface area contributed by atoms with Gasteiger partial charge in [-0.05, 0) is 12.8 Å². The van der Waals surface area contributed by atoms with E-state index in [1.54, 1.807) is 0 Å². The zero-order valence-electron chi connectivity index (χ0n) is 7.85. The summed E-state index contributed by atoms with van der Waals surface area (Å²) in [6.07, 6.45) is 1.00. The molecule has 0 bridgehead atoms. The van der Waals surface area contributed by atoms with Gasteiger partial charge in [0.15, 0.2) is 0 Å². The third kappa shape index (κ3) is 2.33. The van der Waals surface area contributed by atoms with Crippen LogP contribution in [0, 0.1) is 5.92 Å². The zero-order chi connectivity index (χ0) is 10.8. The van der Waals surface area contributed by atoms with E-state index in [-0.39, 0.29) is 11.8 Å². The number of piperidine rings is 1. The van der Waals surface area contributed by atoms with Crippen LogP contribution >= 0.6 is 0 Å². The molecule has 1 saturated heterocycles. The van der Waals surface area contributed by atoms with Gasteiger partial charge in [0.25, 0.3) is 0 Å². The van der Waals surface area contributed by atoms with Gasteiger partial charge in [0, 0.05) is 24.4 Å². The monoisotopic (exact) mass is 218 g/mol. The van der Waals surface area contributed by atoms with Crippen molar-refractivity contribution in [3.8, 4) is 0 Å². The van der Waals surface area contributed by atoms with Crippen molar-refractivity contribution in [1.29, 1.82) is 0 Å². The Morgan fingerprint density at radius 1 is 1.43 bits per heavy atom. The molecule has 5 nitrogen and oxygen atoms in total. The molecule has 6 heteroatoms. The summed E-state index contributed by atoms with van der Waals surface area (Å²) in [6, 6.07) is 0. The maximum Gasteiger partial charge on any atom is 0.235 e. The van der Waals surface area contributed by atoms with Crippen LogP contribution in [0.25, 0.3) is 0 Å². The van der Waals surface area contributed by atoms with Crippen molar-refractivity contribution in [2.24, 2.45) is 11.7 Å². The summed E-state index contributed by atoms with van der Waals surface area (Å²) in [6.45, 7) is 3.94. The van der Waals surface area contributed by atoms with Gasteiger partial charge < -0.3 is 5.73 Å². The normalized spacial score (nSPS) is 20.6. The van der Waals surface area contributed by atoms with Gasteiger partial charge in [0.2, 0.25) is 15.9 Å². The summed E-state index contributed by atoms with van der Waals surface area (Å²) < 4.78 is 24.0. The first-order valence-corrected chi connectivity index (χ1v) is 5.89. The van der Waals surface area contributed by atoms with Crippen molar-refractivity contribution >= 4 is 15.9 Å². The lowest BCUT2D eigenvalue weighted by molar-refractivity contribution is -0.122. The lowest BCUT2D eigenvalue weighted by atomic mass is 9.98. The number of nitrogens with two attached hydrogens (primary N) is 1. The molecule has 0 aliphatic carbocycles. The number of rotatable bonds is 3. The Balaban J connectivity index is 2.60. The number of carbonyl (C=O) groups excluding carboxylic acids is 1. The Morgan fingerprint density at radius 2 is 1.93 bits per heavy atom. The molecule has 14 heavy (non-hydrogen) atoms. The van der Waals surface area contributed by atoms with E-state index in [1.807, 2.05) is 0 Å². The molecule has 1 fully saturated rings. The summed E-state index contributed by atoms with van der Waals surface area (Å²) in [5.74, 6) is -0.535. The fourth-order valence-electron chi connectivity index (χ4n) is 1.50. The van der Waals surface area contributed by atoms with Crippen LogP contribution in [-0.2, 0) is 14.8 Å². The van der Waals surface area contributed by atoms with E-state index in [0.29, 0.717) is 25.9 Å². The number of nitrogens with zero attached hydrogens (tertiary/aromatic N) is 1. The molecule has 0 saturated carbocycles. The van der Waals surface area contributed by atoms with Gasteiger partial charge in [0.05, 0.1) is 0 Å². The second-order valence-electron chi connectivity index (χ2n) is 3.29. The van der Waals surface area contributed by atoms with E-state index in [4.69, 9.17) is 5.73 Å². The van der Waals surface area contributed by atoms with Crippen molar-refractivity contribution in [3.05, 3.63) is 12.0 Å². The van der Waals surface area contributed by atoms with Crippen molar-refractivity contribution in [1.82, 2.24) is 4.31 Å². The number of hydrogen-bond donors (Lipinski definition) is 1. The smallest absolute Gasteiger partial charge is 0.235 e. The average Bonchev–Trinajstić information content (AvgIpc) is 2.18. The number of amides is 1. The molecule has 1 aliphatic heterocycles. The van der Waals surface area contributed by atoms with Crippen molar-refractivity contribution in [3.63, 3.8) is 0 Å². The predicted octanol–water partition coefficient (Wildman–Crippen LogP) is -0.343. The molecule has 0 aromatic carbocycles. The van der Waals surface area contributed by atoms with Crippen LogP contribution in [0.4, 0.5) is 0 Å². The van der Waals surface area contributed by atoms with E-state index in [2.05, 4.69) is 6.58 Å². The molecule has 0 spiro atoms. The highest BCUT2D eigenvalue weighted by atomic mass is 32.2. The van der Waals surface area contributed by atoms with E-state index >= 15 is 0 Å². The van der Waals surface area contributed by atoms with Crippen LogP contribution in [0.15, 0.2) is 12.0 Å². The van der Waals surface area contributed by atoms with Gasteiger partial charge in [-0.15, -0.1) is 0 Å². The minimum atomic E-state index is -3.33. The van der Waals surface area contributed by atoms with Crippen LogP contribution in [0.1, 0.15) is 12.8 Å². The Morgan fingerprint density at radius 3 is 2.29 bits per heavy atom. The van der Waals surface area contributed by atoms with Crippen LogP contribution in [-0.4, -0.2) is 31.7 Å². The van der Waals surface area contributed by atoms with Gasteiger partial charge in [-0.2, -0.15) is 4.31 Å². The SMILES string of the molecule is C=CS(=O)(=O)N1CCC(C(N)=O)CC1. The van der Waals surface area contributed by atoms with Gasteiger partial charge in [0.1, 0.15) is 0 Å². The number of primary amides is 1. The molecule has 2 N–H and O–H groups in total. The molecule has 1 heterocycles. The maximum absolute atomic E-state index is 11.3. The minimum Gasteiger partial charge on any atom is -0.369 e. The summed E-state index contributed by atoms with van der Waals surface area (Å²) in [7, 11) is -3.33. The van der Waals surface area contributed by atoms with Crippen molar-refractivity contribution < 1.29 is 13.2 Å². The molecule has 0 unspecified atom stereocenters. The van der Waals surface area contributed by atoms with E-state index in [9.17, 15) is 13.2 Å². The van der Waals surface area contributed by atoms with Crippen molar-refractivity contribution in [2.45, 2.75) is 12.8 Å². The molecule has 0 radical (unpaired) electrons. The molecule has 1 aliphatic rings. The van der Waals surface area contributed by atoms with E-state index < -0.39 is 10.0 Å². The number of carbonyl (C=O) groups is 1. The van der Waals surface area contributed by atoms with Crippen LogP contribution in [0.3, 0.4) is 0 Å². The van der Waals surface area contributed by atoms with Gasteiger partial charge in [-0.25, -0.2) is 8.42 Å². The largest absolute Gasteiger partial charge is 0.369 e. The highest BCUT2D eigenvalue weighted by Crippen LogP contribution is 2.19. The molecular formula is C8H14N2O3S. The molecule has 1 amide bonds. The van der Waals surface area contributed by atoms with Gasteiger partial charge >= 0.3 is 0 Å². The Labute approximate surface area is 83.6 Å². The molecular weight excluding hydrogens is 204 g/mol. The summed E-state index contributed by atoms with van der Waals surface area (Å²) in [5.41, 5.74) is 5.13. The first-order valence-electron chi connectivity index (χ1n) is 4.39. The number of sulfonamides is 1. The molecule has 0 atom stereocenters. The van der Waals surface area contributed by atoms with Crippen molar-refractivity contribution in [2.75, 3.05) is 13.1 Å². The third-order valence-corrected chi connectivity index (χ3v) is 3.93. The Bertz CT molecular complexity index is 328. The average molecular weight is 218 g/mol. The van der Waals surface area contributed by atoms with E-state index in [1.165, 1.54) is 4.31 Å². The topological polar surface area (TPSA) is 80.5 Å². The quantitative estimate of drug-likeness (QED) is 0.703. The lowest BCUT2D eigenvalue weighted by Crippen LogP contribution is -2.40. The molecule has 0 aromatic heterocycles. The Kier molecular flexibility index (Phi) is 3.28. The summed E-state index contributed by atoms with van der Waals surface area (Å²) in [5, 5.41) is 0.928. The zero-order valence-corrected chi connectivity index (χ0v) is 8.66. The molecule has 0 aromatic rings. The molecule has 1 rings (SSSR count). The number of hydrogen-bond acceptors (Lipinski definition) is 3. The molecule has 80 valence electrons.